The summed E-state index contributed by atoms with van der Waals surface area (Å²) in [6, 6.07) is 0. The third-order valence-electron chi connectivity index (χ3n) is 6.69. The highest BCUT2D eigenvalue weighted by molar-refractivity contribution is 5.19. The molecule has 2 aliphatic carbocycles. The molecule has 2 nitrogen and oxygen atoms in total. The summed E-state index contributed by atoms with van der Waals surface area (Å²) in [5.41, 5.74) is 0.847. The highest BCUT2D eigenvalue weighted by Gasteiger charge is 2.70. The Bertz CT molecular complexity index is 349. The van der Waals surface area contributed by atoms with E-state index < -0.39 is 0 Å². The predicted molar refractivity (Wildman–Crippen MR) is 72.2 cm³/mol. The fourth-order valence-electron chi connectivity index (χ4n) is 4.93. The van der Waals surface area contributed by atoms with Crippen molar-refractivity contribution in [2.75, 3.05) is 6.61 Å². The minimum absolute atomic E-state index is 0.00530. The molecule has 0 N–H and O–H groups in total. The van der Waals surface area contributed by atoms with Gasteiger partial charge in [0.1, 0.15) is 0 Å². The van der Waals surface area contributed by atoms with Crippen LogP contribution in [0.4, 0.5) is 0 Å². The van der Waals surface area contributed by atoms with Gasteiger partial charge in [-0.15, -0.1) is 0 Å². The van der Waals surface area contributed by atoms with E-state index in [1.54, 1.807) is 0 Å². The highest BCUT2D eigenvalue weighted by Crippen LogP contribution is 2.72. The van der Waals surface area contributed by atoms with Gasteiger partial charge in [0, 0.05) is 17.8 Å². The van der Waals surface area contributed by atoms with Crippen molar-refractivity contribution in [3.8, 4) is 0 Å². The summed E-state index contributed by atoms with van der Waals surface area (Å²) in [5, 5.41) is 0. The van der Waals surface area contributed by atoms with Gasteiger partial charge in [-0.1, -0.05) is 34.6 Å². The van der Waals surface area contributed by atoms with Crippen LogP contribution in [0.2, 0.25) is 0 Å². The summed E-state index contributed by atoms with van der Waals surface area (Å²) in [6.45, 7) is 12.7. The van der Waals surface area contributed by atoms with E-state index >= 15 is 0 Å². The van der Waals surface area contributed by atoms with E-state index in [0.29, 0.717) is 16.7 Å². The first-order valence-corrected chi connectivity index (χ1v) is 7.62. The second-order valence-corrected chi connectivity index (χ2v) is 7.84. The minimum atomic E-state index is 0.00530. The van der Waals surface area contributed by atoms with Crippen LogP contribution in [0.1, 0.15) is 60.3 Å². The molecule has 0 unspecified atom stereocenters. The monoisotopic (exact) mass is 252 g/mol. The van der Waals surface area contributed by atoms with Gasteiger partial charge in [-0.3, -0.25) is 0 Å². The number of ether oxygens (including phenoxy) is 2. The van der Waals surface area contributed by atoms with Crippen LogP contribution in [0.5, 0.6) is 0 Å². The lowest BCUT2D eigenvalue weighted by Gasteiger charge is -2.52. The quantitative estimate of drug-likeness (QED) is 0.702. The maximum atomic E-state index is 6.55. The van der Waals surface area contributed by atoms with Crippen molar-refractivity contribution in [2.24, 2.45) is 22.7 Å². The van der Waals surface area contributed by atoms with Crippen molar-refractivity contribution in [1.29, 1.82) is 0 Å². The Kier molecular flexibility index (Phi) is 2.68. The lowest BCUT2D eigenvalue weighted by Crippen LogP contribution is -2.55. The Morgan fingerprint density at radius 3 is 2.33 bits per heavy atom. The third-order valence-corrected chi connectivity index (χ3v) is 6.69. The smallest absolute Gasteiger partial charge is 0.160 e. The van der Waals surface area contributed by atoms with Crippen LogP contribution < -0.4 is 0 Å². The zero-order valence-corrected chi connectivity index (χ0v) is 12.6. The van der Waals surface area contributed by atoms with Crippen LogP contribution in [0.25, 0.3) is 0 Å². The molecule has 1 saturated heterocycles. The molecule has 0 radical (unpaired) electrons. The Balaban J connectivity index is 1.93. The molecule has 1 heterocycles. The molecule has 1 aliphatic heterocycles. The molecule has 0 aromatic rings. The van der Waals surface area contributed by atoms with Gasteiger partial charge in [0.25, 0.3) is 0 Å². The number of hydrogen-bond donors (Lipinski definition) is 0. The summed E-state index contributed by atoms with van der Waals surface area (Å²) in [6.07, 6.45) is 5.07. The van der Waals surface area contributed by atoms with E-state index in [2.05, 4.69) is 34.6 Å². The molecular weight excluding hydrogens is 224 g/mol. The first-order chi connectivity index (χ1) is 8.32. The molecule has 0 aromatic heterocycles. The van der Waals surface area contributed by atoms with Crippen LogP contribution in [0, 0.1) is 22.7 Å². The standard InChI is InChI=1S/C16H28O2/c1-11(2)13-17-9-8-16(18-13)10-12-6-7-15(16,5)14(12,3)4/h11-13H,6-10H2,1-5H3/t12-,13+,15-,16-/m0/s1. The van der Waals surface area contributed by atoms with Crippen molar-refractivity contribution in [3.05, 3.63) is 0 Å². The second kappa shape index (κ2) is 3.73. The van der Waals surface area contributed by atoms with Crippen LogP contribution >= 0.6 is 0 Å². The van der Waals surface area contributed by atoms with Gasteiger partial charge in [-0.05, 0) is 30.6 Å². The van der Waals surface area contributed by atoms with Gasteiger partial charge in [-0.2, -0.15) is 0 Å². The van der Waals surface area contributed by atoms with Crippen molar-refractivity contribution in [3.63, 3.8) is 0 Å². The molecule has 104 valence electrons. The summed E-state index contributed by atoms with van der Waals surface area (Å²) in [7, 11) is 0. The maximum absolute atomic E-state index is 6.55. The zero-order chi connectivity index (χ0) is 13.2. The molecule has 1 spiro atoms. The average Bonchev–Trinajstić information content (AvgIpc) is 2.61. The second-order valence-electron chi connectivity index (χ2n) is 7.84. The van der Waals surface area contributed by atoms with Gasteiger partial charge in [0.2, 0.25) is 0 Å². The highest BCUT2D eigenvalue weighted by atomic mass is 16.7. The average molecular weight is 252 g/mol. The zero-order valence-electron chi connectivity index (χ0n) is 12.6. The first kappa shape index (κ1) is 12.9. The van der Waals surface area contributed by atoms with E-state index in [-0.39, 0.29) is 11.9 Å². The van der Waals surface area contributed by atoms with Crippen LogP contribution in [-0.2, 0) is 9.47 Å². The summed E-state index contributed by atoms with van der Waals surface area (Å²) in [4.78, 5) is 0. The molecular formula is C16H28O2. The Morgan fingerprint density at radius 1 is 1.11 bits per heavy atom. The van der Waals surface area contributed by atoms with Crippen molar-refractivity contribution < 1.29 is 9.47 Å². The molecule has 0 aromatic carbocycles. The lowest BCUT2D eigenvalue weighted by molar-refractivity contribution is -0.304. The lowest BCUT2D eigenvalue weighted by atomic mass is 9.63. The Labute approximate surface area is 111 Å². The maximum Gasteiger partial charge on any atom is 0.160 e. The summed E-state index contributed by atoms with van der Waals surface area (Å²) < 4.78 is 12.4. The Morgan fingerprint density at radius 2 is 1.83 bits per heavy atom. The molecule has 18 heavy (non-hydrogen) atoms. The van der Waals surface area contributed by atoms with Gasteiger partial charge in [0.15, 0.2) is 6.29 Å². The SMILES string of the molecule is CC(C)[C@@H]1OCC[C@@]2(C[C@@H]3CC[C@@]2(C)C3(C)C)O1. The molecule has 3 rings (SSSR count). The molecule has 2 saturated carbocycles. The van der Waals surface area contributed by atoms with E-state index in [4.69, 9.17) is 9.47 Å². The normalized spacial score (nSPS) is 50.3. The number of hydrogen-bond acceptors (Lipinski definition) is 2. The van der Waals surface area contributed by atoms with E-state index in [1.165, 1.54) is 19.3 Å². The minimum Gasteiger partial charge on any atom is -0.352 e. The molecule has 4 atom stereocenters. The molecule has 3 aliphatic rings. The van der Waals surface area contributed by atoms with Crippen molar-refractivity contribution in [1.82, 2.24) is 0 Å². The van der Waals surface area contributed by atoms with Gasteiger partial charge >= 0.3 is 0 Å². The van der Waals surface area contributed by atoms with Crippen LogP contribution in [0.15, 0.2) is 0 Å². The van der Waals surface area contributed by atoms with Gasteiger partial charge in [0.05, 0.1) is 12.2 Å². The van der Waals surface area contributed by atoms with Crippen LogP contribution in [0.3, 0.4) is 0 Å². The molecule has 2 bridgehead atoms. The number of rotatable bonds is 1. The largest absolute Gasteiger partial charge is 0.352 e. The van der Waals surface area contributed by atoms with Gasteiger partial charge < -0.3 is 9.47 Å². The summed E-state index contributed by atoms with van der Waals surface area (Å²) in [5.74, 6) is 1.29. The third kappa shape index (κ3) is 1.37. The topological polar surface area (TPSA) is 18.5 Å². The first-order valence-electron chi connectivity index (χ1n) is 7.62. The van der Waals surface area contributed by atoms with Crippen LogP contribution in [-0.4, -0.2) is 18.5 Å². The van der Waals surface area contributed by atoms with E-state index in [1.807, 2.05) is 0 Å². The fraction of sp³-hybridized carbons (Fsp3) is 1.00. The number of fused-ring (bicyclic) bond motifs is 3. The molecule has 0 amide bonds. The fourth-order valence-corrected chi connectivity index (χ4v) is 4.93. The van der Waals surface area contributed by atoms with Crippen molar-refractivity contribution in [2.45, 2.75) is 72.2 Å². The Hall–Kier alpha value is -0.0800. The molecule has 2 heteroatoms. The van der Waals surface area contributed by atoms with Crippen molar-refractivity contribution >= 4 is 0 Å². The van der Waals surface area contributed by atoms with Gasteiger partial charge in [-0.25, -0.2) is 0 Å². The van der Waals surface area contributed by atoms with E-state index in [9.17, 15) is 0 Å². The molecule has 3 fully saturated rings. The predicted octanol–water partition coefficient (Wildman–Crippen LogP) is 3.99. The summed E-state index contributed by atoms with van der Waals surface area (Å²) >= 11 is 0. The van der Waals surface area contributed by atoms with E-state index in [0.717, 1.165) is 18.9 Å².